The zero-order valence-corrected chi connectivity index (χ0v) is 14.3. The van der Waals surface area contributed by atoms with Crippen LogP contribution in [0.15, 0.2) is 22.7 Å². The van der Waals surface area contributed by atoms with Crippen molar-refractivity contribution in [1.29, 1.82) is 0 Å². The van der Waals surface area contributed by atoms with Crippen molar-refractivity contribution in [3.63, 3.8) is 0 Å². The van der Waals surface area contributed by atoms with Gasteiger partial charge in [-0.25, -0.2) is 4.98 Å². The van der Waals surface area contributed by atoms with Crippen LogP contribution in [-0.4, -0.2) is 9.55 Å². The van der Waals surface area contributed by atoms with Crippen LogP contribution in [0.1, 0.15) is 50.7 Å². The summed E-state index contributed by atoms with van der Waals surface area (Å²) in [4.78, 5) is 4.75. The molecule has 108 valence electrons. The van der Waals surface area contributed by atoms with E-state index in [1.807, 2.05) is 6.92 Å². The molecule has 0 saturated heterocycles. The molecule has 0 spiro atoms. The molecule has 1 unspecified atom stereocenters. The van der Waals surface area contributed by atoms with Crippen molar-refractivity contribution >= 4 is 38.6 Å². The van der Waals surface area contributed by atoms with Crippen LogP contribution < -0.4 is 0 Å². The van der Waals surface area contributed by atoms with Crippen LogP contribution in [-0.2, 0) is 6.54 Å². The first-order valence-electron chi connectivity index (χ1n) is 7.34. The highest BCUT2D eigenvalue weighted by Gasteiger charge is 2.42. The van der Waals surface area contributed by atoms with Gasteiger partial charge in [0.15, 0.2) is 0 Å². The third-order valence-corrected chi connectivity index (χ3v) is 5.01. The molecule has 1 aromatic heterocycles. The van der Waals surface area contributed by atoms with Gasteiger partial charge in [0, 0.05) is 11.0 Å². The lowest BCUT2D eigenvalue weighted by atomic mass is 10.0. The third kappa shape index (κ3) is 2.62. The van der Waals surface area contributed by atoms with Crippen molar-refractivity contribution in [3.8, 4) is 0 Å². The SMILES string of the molecule is CCCC1(Cn2c(C(C)Cl)nc3cc(Br)ccc32)CC1. The van der Waals surface area contributed by atoms with Gasteiger partial charge < -0.3 is 4.57 Å². The monoisotopic (exact) mass is 354 g/mol. The zero-order valence-electron chi connectivity index (χ0n) is 12.0. The minimum Gasteiger partial charge on any atom is -0.326 e. The maximum absolute atomic E-state index is 6.35. The van der Waals surface area contributed by atoms with E-state index >= 15 is 0 Å². The second-order valence-electron chi connectivity index (χ2n) is 6.06. The minimum atomic E-state index is -0.0568. The maximum Gasteiger partial charge on any atom is 0.127 e. The first kappa shape index (κ1) is 14.4. The maximum atomic E-state index is 6.35. The Morgan fingerprint density at radius 1 is 1.45 bits per heavy atom. The second kappa shape index (κ2) is 5.34. The molecule has 3 rings (SSSR count). The zero-order chi connectivity index (χ0) is 14.3. The summed E-state index contributed by atoms with van der Waals surface area (Å²) < 4.78 is 3.42. The van der Waals surface area contributed by atoms with Crippen LogP contribution in [0.4, 0.5) is 0 Å². The molecule has 4 heteroatoms. The molecule has 2 aromatic rings. The van der Waals surface area contributed by atoms with E-state index in [4.69, 9.17) is 16.6 Å². The fourth-order valence-corrected chi connectivity index (χ4v) is 3.64. The van der Waals surface area contributed by atoms with E-state index in [9.17, 15) is 0 Å². The van der Waals surface area contributed by atoms with Gasteiger partial charge in [0.05, 0.1) is 16.4 Å². The lowest BCUT2D eigenvalue weighted by molar-refractivity contribution is 0.387. The Morgan fingerprint density at radius 2 is 2.20 bits per heavy atom. The van der Waals surface area contributed by atoms with Gasteiger partial charge in [0.25, 0.3) is 0 Å². The van der Waals surface area contributed by atoms with Crippen LogP contribution in [0.5, 0.6) is 0 Å². The number of fused-ring (bicyclic) bond motifs is 1. The molecule has 0 bridgehead atoms. The summed E-state index contributed by atoms with van der Waals surface area (Å²) in [7, 11) is 0. The van der Waals surface area contributed by atoms with Crippen LogP contribution in [0, 0.1) is 5.41 Å². The summed E-state index contributed by atoms with van der Waals surface area (Å²) in [6, 6.07) is 6.31. The molecule has 2 nitrogen and oxygen atoms in total. The van der Waals surface area contributed by atoms with Gasteiger partial charge in [0.2, 0.25) is 0 Å². The van der Waals surface area contributed by atoms with Crippen molar-refractivity contribution in [2.75, 3.05) is 0 Å². The van der Waals surface area contributed by atoms with E-state index in [1.54, 1.807) is 0 Å². The molecule has 1 aliphatic rings. The predicted octanol–water partition coefficient (Wildman–Crippen LogP) is 5.68. The standard InChI is InChI=1S/C16H20BrClN2/c1-3-6-16(7-8-16)10-20-14-5-4-12(17)9-13(14)19-15(20)11(2)18/h4-5,9,11H,3,6-8,10H2,1-2H3. The molecule has 1 atom stereocenters. The van der Waals surface area contributed by atoms with Crippen molar-refractivity contribution in [2.45, 2.75) is 51.5 Å². The number of aromatic nitrogens is 2. The number of hydrogen-bond acceptors (Lipinski definition) is 1. The lowest BCUT2D eigenvalue weighted by Crippen LogP contribution is -2.14. The highest BCUT2D eigenvalue weighted by Crippen LogP contribution is 2.51. The molecule has 1 aliphatic carbocycles. The Labute approximate surface area is 133 Å². The third-order valence-electron chi connectivity index (χ3n) is 4.33. The predicted molar refractivity (Wildman–Crippen MR) is 88.3 cm³/mol. The number of nitrogens with zero attached hydrogens (tertiary/aromatic N) is 2. The Morgan fingerprint density at radius 3 is 2.80 bits per heavy atom. The number of alkyl halides is 1. The molecule has 0 N–H and O–H groups in total. The van der Waals surface area contributed by atoms with E-state index in [-0.39, 0.29) is 5.38 Å². The van der Waals surface area contributed by atoms with Crippen LogP contribution in [0.3, 0.4) is 0 Å². The first-order valence-corrected chi connectivity index (χ1v) is 8.57. The van der Waals surface area contributed by atoms with Crippen molar-refractivity contribution in [2.24, 2.45) is 5.41 Å². The second-order valence-corrected chi connectivity index (χ2v) is 7.63. The molecule has 0 radical (unpaired) electrons. The molecule has 0 aliphatic heterocycles. The van der Waals surface area contributed by atoms with Gasteiger partial charge in [-0.05, 0) is 49.8 Å². The largest absolute Gasteiger partial charge is 0.326 e. The van der Waals surface area contributed by atoms with E-state index in [1.165, 1.54) is 31.2 Å². The Hall–Kier alpha value is -0.540. The van der Waals surface area contributed by atoms with Gasteiger partial charge in [0.1, 0.15) is 5.82 Å². The minimum absolute atomic E-state index is 0.0568. The molecule has 1 heterocycles. The number of halogens is 2. The van der Waals surface area contributed by atoms with Gasteiger partial charge in [-0.1, -0.05) is 29.3 Å². The van der Waals surface area contributed by atoms with Crippen molar-refractivity contribution < 1.29 is 0 Å². The van der Waals surface area contributed by atoms with Gasteiger partial charge in [-0.15, -0.1) is 11.6 Å². The Bertz CT molecular complexity index is 629. The van der Waals surface area contributed by atoms with Gasteiger partial charge in [-0.3, -0.25) is 0 Å². The molecule has 0 amide bonds. The Balaban J connectivity index is 2.05. The van der Waals surface area contributed by atoms with E-state index in [0.29, 0.717) is 5.41 Å². The summed E-state index contributed by atoms with van der Waals surface area (Å²) in [6.45, 7) is 5.34. The highest BCUT2D eigenvalue weighted by atomic mass is 79.9. The van der Waals surface area contributed by atoms with Crippen molar-refractivity contribution in [1.82, 2.24) is 9.55 Å². The number of hydrogen-bond donors (Lipinski definition) is 0. The number of benzene rings is 1. The fourth-order valence-electron chi connectivity index (χ4n) is 3.12. The average Bonchev–Trinajstić information content (AvgIpc) is 3.05. The van der Waals surface area contributed by atoms with Crippen molar-refractivity contribution in [3.05, 3.63) is 28.5 Å². The van der Waals surface area contributed by atoms with E-state index in [0.717, 1.165) is 22.4 Å². The topological polar surface area (TPSA) is 17.8 Å². The molecule has 1 aromatic carbocycles. The number of imidazole rings is 1. The lowest BCUT2D eigenvalue weighted by Gasteiger charge is -2.18. The molecule has 1 saturated carbocycles. The van der Waals surface area contributed by atoms with Gasteiger partial charge in [-0.2, -0.15) is 0 Å². The summed E-state index contributed by atoms with van der Waals surface area (Å²) in [5.74, 6) is 1.00. The summed E-state index contributed by atoms with van der Waals surface area (Å²) in [6.07, 6.45) is 5.24. The van der Waals surface area contributed by atoms with Crippen LogP contribution >= 0.6 is 27.5 Å². The first-order chi connectivity index (χ1) is 9.54. The van der Waals surface area contributed by atoms with E-state index in [2.05, 4.69) is 45.6 Å². The van der Waals surface area contributed by atoms with Gasteiger partial charge >= 0.3 is 0 Å². The fraction of sp³-hybridized carbons (Fsp3) is 0.562. The summed E-state index contributed by atoms with van der Waals surface area (Å²) in [5.41, 5.74) is 2.74. The molecular formula is C16H20BrClN2. The van der Waals surface area contributed by atoms with Crippen LogP contribution in [0.25, 0.3) is 11.0 Å². The Kier molecular flexibility index (Phi) is 3.85. The number of rotatable bonds is 5. The smallest absolute Gasteiger partial charge is 0.127 e. The average molecular weight is 356 g/mol. The summed E-state index contributed by atoms with van der Waals surface area (Å²) in [5, 5.41) is -0.0568. The highest BCUT2D eigenvalue weighted by molar-refractivity contribution is 9.10. The molecular weight excluding hydrogens is 336 g/mol. The molecule has 1 fully saturated rings. The summed E-state index contributed by atoms with van der Waals surface area (Å²) >= 11 is 9.87. The normalized spacial score (nSPS) is 18.4. The van der Waals surface area contributed by atoms with Crippen LogP contribution in [0.2, 0.25) is 0 Å². The quantitative estimate of drug-likeness (QED) is 0.631. The molecule has 20 heavy (non-hydrogen) atoms. The van der Waals surface area contributed by atoms with E-state index < -0.39 is 0 Å².